The zero-order valence-electron chi connectivity index (χ0n) is 13.6. The maximum absolute atomic E-state index is 12.6. The average Bonchev–Trinajstić information content (AvgIpc) is 2.49. The smallest absolute Gasteiger partial charge is 0.254 e. The highest BCUT2D eigenvalue weighted by atomic mass is 35.5. The first-order chi connectivity index (χ1) is 10.5. The van der Waals surface area contributed by atoms with E-state index in [2.05, 4.69) is 18.7 Å². The van der Waals surface area contributed by atoms with Crippen molar-refractivity contribution in [1.29, 1.82) is 0 Å². The Kier molecular flexibility index (Phi) is 6.24. The minimum atomic E-state index is 0.0674. The second-order valence-corrected chi connectivity index (χ2v) is 6.44. The van der Waals surface area contributed by atoms with Crippen molar-refractivity contribution in [3.05, 3.63) is 34.9 Å². The van der Waals surface area contributed by atoms with Gasteiger partial charge >= 0.3 is 0 Å². The van der Waals surface area contributed by atoms with Crippen LogP contribution in [-0.2, 0) is 4.74 Å². The molecule has 0 bridgehead atoms. The molecule has 22 heavy (non-hydrogen) atoms. The zero-order chi connectivity index (χ0) is 16.1. The van der Waals surface area contributed by atoms with Crippen LogP contribution in [0.1, 0.15) is 30.6 Å². The van der Waals surface area contributed by atoms with E-state index in [1.54, 1.807) is 19.2 Å². The third-order valence-corrected chi connectivity index (χ3v) is 4.46. The maximum atomic E-state index is 12.6. The molecule has 2 atom stereocenters. The highest BCUT2D eigenvalue weighted by Gasteiger charge is 2.31. The van der Waals surface area contributed by atoms with Crippen LogP contribution in [0.4, 0.5) is 0 Å². The van der Waals surface area contributed by atoms with Crippen LogP contribution in [0.15, 0.2) is 24.3 Å². The SMILES string of the molecule is COCCCN1C(C)CN(C(=O)c2cccc(Cl)c2)CC1C. The fourth-order valence-electron chi connectivity index (χ4n) is 3.16. The number of piperazine rings is 1. The van der Waals surface area contributed by atoms with Gasteiger partial charge in [0.1, 0.15) is 0 Å². The maximum Gasteiger partial charge on any atom is 0.254 e. The molecule has 1 amide bonds. The van der Waals surface area contributed by atoms with E-state index in [4.69, 9.17) is 16.3 Å². The number of hydrogen-bond donors (Lipinski definition) is 0. The number of ether oxygens (including phenoxy) is 1. The summed E-state index contributed by atoms with van der Waals surface area (Å²) in [5.74, 6) is 0.0674. The number of carbonyl (C=O) groups is 1. The number of nitrogens with zero attached hydrogens (tertiary/aromatic N) is 2. The number of amides is 1. The van der Waals surface area contributed by atoms with Gasteiger partial charge in [-0.1, -0.05) is 17.7 Å². The Labute approximate surface area is 138 Å². The molecule has 2 rings (SSSR count). The van der Waals surface area contributed by atoms with Crippen molar-refractivity contribution in [2.75, 3.05) is 33.4 Å². The molecule has 1 aliphatic rings. The Hall–Kier alpha value is -1.10. The standard InChI is InChI=1S/C17H25ClN2O2/c1-13-11-19(12-14(2)20(13)8-5-9-22-3)17(21)15-6-4-7-16(18)10-15/h4,6-7,10,13-14H,5,8-9,11-12H2,1-3H3. The van der Waals surface area contributed by atoms with Gasteiger partial charge in [-0.2, -0.15) is 0 Å². The largest absolute Gasteiger partial charge is 0.385 e. The van der Waals surface area contributed by atoms with Crippen LogP contribution in [0, 0.1) is 0 Å². The molecule has 0 aromatic heterocycles. The van der Waals surface area contributed by atoms with Crippen LogP contribution < -0.4 is 0 Å². The van der Waals surface area contributed by atoms with Crippen molar-refractivity contribution in [1.82, 2.24) is 9.80 Å². The van der Waals surface area contributed by atoms with Crippen molar-refractivity contribution >= 4 is 17.5 Å². The first kappa shape index (κ1) is 17.3. The number of halogens is 1. The lowest BCUT2D eigenvalue weighted by Gasteiger charge is -2.44. The molecule has 2 unspecified atom stereocenters. The lowest BCUT2D eigenvalue weighted by Crippen LogP contribution is -2.58. The predicted molar refractivity (Wildman–Crippen MR) is 89.5 cm³/mol. The molecule has 5 heteroatoms. The molecular weight excluding hydrogens is 300 g/mol. The Morgan fingerprint density at radius 2 is 2.00 bits per heavy atom. The second-order valence-electron chi connectivity index (χ2n) is 6.00. The van der Waals surface area contributed by atoms with Crippen molar-refractivity contribution in [2.24, 2.45) is 0 Å². The molecule has 1 aromatic carbocycles. The number of rotatable bonds is 5. The van der Waals surface area contributed by atoms with Crippen molar-refractivity contribution in [3.63, 3.8) is 0 Å². The van der Waals surface area contributed by atoms with E-state index in [1.165, 1.54) is 0 Å². The van der Waals surface area contributed by atoms with Gasteiger partial charge in [0.2, 0.25) is 0 Å². The molecule has 122 valence electrons. The fraction of sp³-hybridized carbons (Fsp3) is 0.588. The van der Waals surface area contributed by atoms with E-state index < -0.39 is 0 Å². The molecule has 1 aliphatic heterocycles. The van der Waals surface area contributed by atoms with Crippen LogP contribution in [0.5, 0.6) is 0 Å². The van der Waals surface area contributed by atoms with Crippen LogP contribution in [-0.4, -0.2) is 61.1 Å². The lowest BCUT2D eigenvalue weighted by molar-refractivity contribution is 0.0270. The number of methoxy groups -OCH3 is 1. The van der Waals surface area contributed by atoms with Crippen molar-refractivity contribution < 1.29 is 9.53 Å². The molecule has 4 nitrogen and oxygen atoms in total. The van der Waals surface area contributed by atoms with E-state index >= 15 is 0 Å². The normalized spacial score (nSPS) is 22.8. The molecule has 1 aromatic rings. The summed E-state index contributed by atoms with van der Waals surface area (Å²) in [6, 6.07) is 7.88. The van der Waals surface area contributed by atoms with Crippen molar-refractivity contribution in [3.8, 4) is 0 Å². The van der Waals surface area contributed by atoms with Gasteiger partial charge in [-0.15, -0.1) is 0 Å². The third kappa shape index (κ3) is 4.22. The van der Waals surface area contributed by atoms with E-state index in [0.717, 1.165) is 32.7 Å². The molecule has 1 fully saturated rings. The molecule has 0 aliphatic carbocycles. The Morgan fingerprint density at radius 1 is 1.32 bits per heavy atom. The Morgan fingerprint density at radius 3 is 2.59 bits per heavy atom. The second kappa shape index (κ2) is 7.95. The first-order valence-corrected chi connectivity index (χ1v) is 8.20. The summed E-state index contributed by atoms with van der Waals surface area (Å²) in [6.45, 7) is 7.66. The Bertz CT molecular complexity index is 497. The molecule has 1 heterocycles. The van der Waals surface area contributed by atoms with Crippen LogP contribution in [0.25, 0.3) is 0 Å². The minimum Gasteiger partial charge on any atom is -0.385 e. The number of hydrogen-bond acceptors (Lipinski definition) is 3. The number of carbonyl (C=O) groups excluding carboxylic acids is 1. The van der Waals surface area contributed by atoms with Gasteiger partial charge in [-0.25, -0.2) is 0 Å². The summed E-state index contributed by atoms with van der Waals surface area (Å²) in [7, 11) is 1.73. The van der Waals surface area contributed by atoms with Gasteiger partial charge < -0.3 is 9.64 Å². The first-order valence-electron chi connectivity index (χ1n) is 7.82. The number of benzene rings is 1. The van der Waals surface area contributed by atoms with E-state index in [-0.39, 0.29) is 5.91 Å². The summed E-state index contributed by atoms with van der Waals surface area (Å²) < 4.78 is 5.13. The molecular formula is C17H25ClN2O2. The Balaban J connectivity index is 1.99. The van der Waals surface area contributed by atoms with Gasteiger partial charge in [0.25, 0.3) is 5.91 Å². The average molecular weight is 325 g/mol. The highest BCUT2D eigenvalue weighted by molar-refractivity contribution is 6.30. The van der Waals surface area contributed by atoms with Gasteiger partial charge in [0, 0.05) is 56.0 Å². The highest BCUT2D eigenvalue weighted by Crippen LogP contribution is 2.19. The molecule has 1 saturated heterocycles. The van der Waals surface area contributed by atoms with Gasteiger partial charge in [-0.05, 0) is 38.5 Å². The van der Waals surface area contributed by atoms with Gasteiger partial charge in [0.05, 0.1) is 0 Å². The monoisotopic (exact) mass is 324 g/mol. The fourth-order valence-corrected chi connectivity index (χ4v) is 3.35. The summed E-state index contributed by atoms with van der Waals surface area (Å²) in [5.41, 5.74) is 0.666. The quantitative estimate of drug-likeness (QED) is 0.781. The molecule has 0 N–H and O–H groups in total. The van der Waals surface area contributed by atoms with Crippen molar-refractivity contribution in [2.45, 2.75) is 32.4 Å². The van der Waals surface area contributed by atoms with E-state index in [1.807, 2.05) is 17.0 Å². The van der Waals surface area contributed by atoms with E-state index in [0.29, 0.717) is 22.7 Å². The molecule has 0 spiro atoms. The third-order valence-electron chi connectivity index (χ3n) is 4.23. The van der Waals surface area contributed by atoms with Crippen LogP contribution in [0.3, 0.4) is 0 Å². The molecule has 0 saturated carbocycles. The predicted octanol–water partition coefficient (Wildman–Crippen LogP) is 2.91. The lowest BCUT2D eigenvalue weighted by atomic mass is 10.1. The summed E-state index contributed by atoms with van der Waals surface area (Å²) in [5, 5.41) is 0.602. The van der Waals surface area contributed by atoms with Gasteiger partial charge in [-0.3, -0.25) is 9.69 Å². The zero-order valence-corrected chi connectivity index (χ0v) is 14.3. The van der Waals surface area contributed by atoms with Crippen LogP contribution in [0.2, 0.25) is 5.02 Å². The topological polar surface area (TPSA) is 32.8 Å². The van der Waals surface area contributed by atoms with E-state index in [9.17, 15) is 4.79 Å². The summed E-state index contributed by atoms with van der Waals surface area (Å²) in [4.78, 5) is 17.0. The molecule has 0 radical (unpaired) electrons. The summed E-state index contributed by atoms with van der Waals surface area (Å²) >= 11 is 5.99. The van der Waals surface area contributed by atoms with Crippen LogP contribution >= 0.6 is 11.6 Å². The van der Waals surface area contributed by atoms with Gasteiger partial charge in [0.15, 0.2) is 0 Å². The summed E-state index contributed by atoms with van der Waals surface area (Å²) in [6.07, 6.45) is 1.02. The minimum absolute atomic E-state index is 0.0674.